The van der Waals surface area contributed by atoms with E-state index < -0.39 is 0 Å². The van der Waals surface area contributed by atoms with Crippen molar-refractivity contribution in [3.8, 4) is 0 Å². The first kappa shape index (κ1) is 10.8. The zero-order valence-corrected chi connectivity index (χ0v) is 9.16. The van der Waals surface area contributed by atoms with Gasteiger partial charge in [-0.15, -0.1) is 6.58 Å². The maximum atomic E-state index is 3.98. The third-order valence-electron chi connectivity index (χ3n) is 3.09. The Bertz CT molecular complexity index is 166. The Kier molecular flexibility index (Phi) is 3.98. The van der Waals surface area contributed by atoms with Gasteiger partial charge in [-0.2, -0.15) is 0 Å². The number of rotatable bonds is 5. The summed E-state index contributed by atoms with van der Waals surface area (Å²) in [6, 6.07) is 0. The van der Waals surface area contributed by atoms with Crippen LogP contribution < -0.4 is 5.32 Å². The Morgan fingerprint density at radius 2 is 2.23 bits per heavy atom. The van der Waals surface area contributed by atoms with Crippen molar-refractivity contribution in [2.24, 2.45) is 0 Å². The Morgan fingerprint density at radius 3 is 2.69 bits per heavy atom. The summed E-state index contributed by atoms with van der Waals surface area (Å²) in [5.41, 5.74) is 1.79. The molecule has 1 unspecified atom stereocenters. The second-order valence-electron chi connectivity index (χ2n) is 4.52. The van der Waals surface area contributed by atoms with Gasteiger partial charge in [0.2, 0.25) is 0 Å². The molecule has 76 valence electrons. The van der Waals surface area contributed by atoms with Crippen LogP contribution in [-0.2, 0) is 0 Å². The van der Waals surface area contributed by atoms with E-state index in [4.69, 9.17) is 0 Å². The van der Waals surface area contributed by atoms with Gasteiger partial charge in [-0.3, -0.25) is 0 Å². The molecule has 13 heavy (non-hydrogen) atoms. The van der Waals surface area contributed by atoms with Crippen LogP contribution in [0.25, 0.3) is 0 Å². The van der Waals surface area contributed by atoms with Crippen molar-refractivity contribution >= 4 is 0 Å². The SMILES string of the molecule is C=C(C)CCC1(CCC)CCCN1. The van der Waals surface area contributed by atoms with Crippen molar-refractivity contribution in [3.63, 3.8) is 0 Å². The van der Waals surface area contributed by atoms with Crippen LogP contribution in [0.4, 0.5) is 0 Å². The molecule has 1 heteroatoms. The molecule has 0 aromatic carbocycles. The molecule has 1 aliphatic heterocycles. The summed E-state index contributed by atoms with van der Waals surface area (Å²) in [5, 5.41) is 3.69. The van der Waals surface area contributed by atoms with E-state index in [1.54, 1.807) is 0 Å². The molecule has 1 atom stereocenters. The Balaban J connectivity index is 2.41. The third-order valence-corrected chi connectivity index (χ3v) is 3.09. The van der Waals surface area contributed by atoms with Gasteiger partial charge >= 0.3 is 0 Å². The molecule has 0 saturated carbocycles. The van der Waals surface area contributed by atoms with E-state index in [0.29, 0.717) is 5.54 Å². The van der Waals surface area contributed by atoms with Crippen LogP contribution in [0.1, 0.15) is 52.4 Å². The lowest BCUT2D eigenvalue weighted by Crippen LogP contribution is -2.39. The molecule has 0 aliphatic carbocycles. The molecule has 0 aromatic rings. The van der Waals surface area contributed by atoms with Crippen LogP contribution in [0.2, 0.25) is 0 Å². The highest BCUT2D eigenvalue weighted by molar-refractivity contribution is 4.98. The Labute approximate surface area is 82.6 Å². The van der Waals surface area contributed by atoms with Crippen molar-refractivity contribution in [2.75, 3.05) is 6.54 Å². The molecule has 1 fully saturated rings. The summed E-state index contributed by atoms with van der Waals surface area (Å²) >= 11 is 0. The molecule has 1 heterocycles. The first-order valence-corrected chi connectivity index (χ1v) is 5.58. The minimum atomic E-state index is 0.466. The first-order chi connectivity index (χ1) is 6.18. The summed E-state index contributed by atoms with van der Waals surface area (Å²) in [5.74, 6) is 0. The molecular weight excluding hydrogens is 158 g/mol. The summed E-state index contributed by atoms with van der Waals surface area (Å²) < 4.78 is 0. The maximum Gasteiger partial charge on any atom is 0.0184 e. The Morgan fingerprint density at radius 1 is 1.46 bits per heavy atom. The lowest BCUT2D eigenvalue weighted by Gasteiger charge is -2.29. The van der Waals surface area contributed by atoms with Gasteiger partial charge in [0.25, 0.3) is 0 Å². The minimum Gasteiger partial charge on any atom is -0.311 e. The summed E-state index contributed by atoms with van der Waals surface area (Å²) in [7, 11) is 0. The fourth-order valence-electron chi connectivity index (χ4n) is 2.35. The van der Waals surface area contributed by atoms with E-state index >= 15 is 0 Å². The van der Waals surface area contributed by atoms with E-state index in [9.17, 15) is 0 Å². The maximum absolute atomic E-state index is 3.98. The molecule has 0 aromatic heterocycles. The molecule has 1 nitrogen and oxygen atoms in total. The van der Waals surface area contributed by atoms with Crippen molar-refractivity contribution in [2.45, 2.75) is 57.9 Å². The molecule has 1 aliphatic rings. The van der Waals surface area contributed by atoms with Crippen LogP contribution in [0, 0.1) is 0 Å². The monoisotopic (exact) mass is 181 g/mol. The topological polar surface area (TPSA) is 12.0 Å². The summed E-state index contributed by atoms with van der Waals surface area (Å²) in [6.45, 7) is 9.61. The molecule has 1 N–H and O–H groups in total. The normalized spacial score (nSPS) is 27.8. The average molecular weight is 181 g/mol. The van der Waals surface area contributed by atoms with Crippen LogP contribution in [0.3, 0.4) is 0 Å². The van der Waals surface area contributed by atoms with Gasteiger partial charge in [0.15, 0.2) is 0 Å². The van der Waals surface area contributed by atoms with Gasteiger partial charge in [-0.25, -0.2) is 0 Å². The molecule has 1 rings (SSSR count). The predicted octanol–water partition coefficient (Wildman–Crippen LogP) is 3.27. The molecule has 0 radical (unpaired) electrons. The second kappa shape index (κ2) is 4.80. The lowest BCUT2D eigenvalue weighted by molar-refractivity contribution is 0.320. The second-order valence-corrected chi connectivity index (χ2v) is 4.52. The average Bonchev–Trinajstić information content (AvgIpc) is 2.51. The van der Waals surface area contributed by atoms with Crippen molar-refractivity contribution in [3.05, 3.63) is 12.2 Å². The first-order valence-electron chi connectivity index (χ1n) is 5.58. The number of allylic oxidation sites excluding steroid dienone is 1. The van der Waals surface area contributed by atoms with Crippen molar-refractivity contribution in [1.82, 2.24) is 5.32 Å². The number of nitrogens with one attached hydrogen (secondary N) is 1. The van der Waals surface area contributed by atoms with Crippen LogP contribution in [-0.4, -0.2) is 12.1 Å². The number of hydrogen-bond donors (Lipinski definition) is 1. The van der Waals surface area contributed by atoms with Crippen LogP contribution >= 0.6 is 0 Å². The van der Waals surface area contributed by atoms with Crippen LogP contribution in [0.15, 0.2) is 12.2 Å². The van der Waals surface area contributed by atoms with Gasteiger partial charge in [0.05, 0.1) is 0 Å². The van der Waals surface area contributed by atoms with Crippen molar-refractivity contribution in [1.29, 1.82) is 0 Å². The van der Waals surface area contributed by atoms with Gasteiger partial charge in [0, 0.05) is 5.54 Å². The number of hydrogen-bond acceptors (Lipinski definition) is 1. The molecule has 1 saturated heterocycles. The standard InChI is InChI=1S/C12H23N/c1-4-7-12(8-5-10-13-12)9-6-11(2)3/h13H,2,4-10H2,1,3H3. The van der Waals surface area contributed by atoms with E-state index in [1.165, 1.54) is 50.6 Å². The van der Waals surface area contributed by atoms with E-state index in [0.717, 1.165) is 0 Å². The van der Waals surface area contributed by atoms with Gasteiger partial charge in [-0.1, -0.05) is 18.9 Å². The fraction of sp³-hybridized carbons (Fsp3) is 0.833. The van der Waals surface area contributed by atoms with E-state index in [-0.39, 0.29) is 0 Å². The Hall–Kier alpha value is -0.300. The van der Waals surface area contributed by atoms with Gasteiger partial charge < -0.3 is 5.32 Å². The third kappa shape index (κ3) is 3.15. The molecule has 0 amide bonds. The molecule has 0 spiro atoms. The highest BCUT2D eigenvalue weighted by atomic mass is 15.0. The zero-order valence-electron chi connectivity index (χ0n) is 9.16. The molecular formula is C12H23N. The minimum absolute atomic E-state index is 0.466. The van der Waals surface area contributed by atoms with Crippen molar-refractivity contribution < 1.29 is 0 Å². The summed E-state index contributed by atoms with van der Waals surface area (Å²) in [4.78, 5) is 0. The fourth-order valence-corrected chi connectivity index (χ4v) is 2.35. The highest BCUT2D eigenvalue weighted by Gasteiger charge is 2.31. The largest absolute Gasteiger partial charge is 0.311 e. The quantitative estimate of drug-likeness (QED) is 0.642. The zero-order chi connectivity index (χ0) is 9.73. The van der Waals surface area contributed by atoms with Crippen LogP contribution in [0.5, 0.6) is 0 Å². The van der Waals surface area contributed by atoms with Gasteiger partial charge in [-0.05, 0) is 45.6 Å². The predicted molar refractivity (Wildman–Crippen MR) is 58.9 cm³/mol. The van der Waals surface area contributed by atoms with Gasteiger partial charge in [0.1, 0.15) is 0 Å². The summed E-state index contributed by atoms with van der Waals surface area (Å²) in [6.07, 6.45) is 7.83. The van der Waals surface area contributed by atoms with E-state index in [1.807, 2.05) is 0 Å². The van der Waals surface area contributed by atoms with E-state index in [2.05, 4.69) is 25.7 Å². The molecule has 0 bridgehead atoms. The lowest BCUT2D eigenvalue weighted by atomic mass is 9.86. The highest BCUT2D eigenvalue weighted by Crippen LogP contribution is 2.30. The smallest absolute Gasteiger partial charge is 0.0184 e.